The van der Waals surface area contributed by atoms with Gasteiger partial charge in [-0.3, -0.25) is 15.0 Å². The van der Waals surface area contributed by atoms with E-state index in [1.165, 1.54) is 12.4 Å². The molecule has 0 saturated heterocycles. The van der Waals surface area contributed by atoms with Gasteiger partial charge in [-0.15, -0.1) is 5.53 Å². The van der Waals surface area contributed by atoms with E-state index in [1.54, 1.807) is 25.4 Å². The Bertz CT molecular complexity index is 1780. The van der Waals surface area contributed by atoms with Crippen LogP contribution in [0.2, 0.25) is 0 Å². The molecule has 12 heteroatoms. The van der Waals surface area contributed by atoms with Crippen LogP contribution in [0.25, 0.3) is 16.5 Å². The predicted octanol–water partition coefficient (Wildman–Crippen LogP) is 6.24. The summed E-state index contributed by atoms with van der Waals surface area (Å²) in [5.41, 5.74) is 8.02. The first-order chi connectivity index (χ1) is 21.3. The van der Waals surface area contributed by atoms with Crippen LogP contribution in [0.5, 0.6) is 0 Å². The number of hydrogen-bond donors (Lipinski definition) is 4. The fourth-order valence-electron chi connectivity index (χ4n) is 5.30. The molecule has 232 valence electrons. The molecule has 1 atom stereocenters. The third-order valence-electron chi connectivity index (χ3n) is 7.85. The minimum atomic E-state index is -4.43. The maximum atomic E-state index is 14.0. The Morgan fingerprint density at radius 2 is 1.89 bits per heavy atom. The molecule has 1 aliphatic carbocycles. The van der Waals surface area contributed by atoms with E-state index < -0.39 is 17.8 Å². The van der Waals surface area contributed by atoms with Gasteiger partial charge in [0, 0.05) is 43.3 Å². The lowest BCUT2D eigenvalue weighted by molar-refractivity contribution is -0.195. The van der Waals surface area contributed by atoms with Crippen molar-refractivity contribution in [2.45, 2.75) is 51.4 Å². The monoisotopic (exact) mass is 613 g/mol. The van der Waals surface area contributed by atoms with Crippen molar-refractivity contribution in [2.75, 3.05) is 24.2 Å². The number of halogens is 3. The molecule has 3 aromatic rings. The quantitative estimate of drug-likeness (QED) is 0.209. The van der Waals surface area contributed by atoms with Crippen molar-refractivity contribution in [2.24, 2.45) is 10.4 Å². The first-order valence-electron chi connectivity index (χ1n) is 14.4. The van der Waals surface area contributed by atoms with Crippen molar-refractivity contribution in [1.82, 2.24) is 21.0 Å². The lowest BCUT2D eigenvalue weighted by Crippen LogP contribution is -2.52. The number of fused-ring (bicyclic) bond motifs is 1. The van der Waals surface area contributed by atoms with E-state index in [9.17, 15) is 23.7 Å². The van der Waals surface area contributed by atoms with E-state index in [-0.39, 0.29) is 23.8 Å². The molecule has 1 fully saturated rings. The summed E-state index contributed by atoms with van der Waals surface area (Å²) in [5, 5.41) is 28.4. The zero-order valence-corrected chi connectivity index (χ0v) is 25.5. The van der Waals surface area contributed by atoms with Crippen LogP contribution in [-0.4, -0.2) is 47.6 Å². The van der Waals surface area contributed by atoms with E-state index in [0.717, 1.165) is 16.1 Å². The highest BCUT2D eigenvalue weighted by atomic mass is 19.4. The second kappa shape index (κ2) is 11.8. The van der Waals surface area contributed by atoms with Crippen LogP contribution in [0, 0.1) is 28.1 Å². The van der Waals surface area contributed by atoms with Gasteiger partial charge in [0.2, 0.25) is 0 Å². The molecule has 1 saturated carbocycles. The largest absolute Gasteiger partial charge is 0.413 e. The Kier molecular flexibility index (Phi) is 8.21. The Morgan fingerprint density at radius 3 is 2.51 bits per heavy atom. The molecule has 0 spiro atoms. The third kappa shape index (κ3) is 6.15. The van der Waals surface area contributed by atoms with Gasteiger partial charge in [-0.2, -0.15) is 23.7 Å². The van der Waals surface area contributed by atoms with Gasteiger partial charge in [-0.1, -0.05) is 51.6 Å². The normalized spacial score (nSPS) is 16.5. The van der Waals surface area contributed by atoms with Gasteiger partial charge in [-0.05, 0) is 47.1 Å². The Labute approximate surface area is 260 Å². The maximum Gasteiger partial charge on any atom is 0.413 e. The Morgan fingerprint density at radius 1 is 1.18 bits per heavy atom. The van der Waals surface area contributed by atoms with Crippen LogP contribution < -0.4 is 21.6 Å². The van der Waals surface area contributed by atoms with E-state index in [2.05, 4.69) is 71.1 Å². The minimum absolute atomic E-state index is 0.0292. The summed E-state index contributed by atoms with van der Waals surface area (Å²) >= 11 is 0. The van der Waals surface area contributed by atoms with Crippen molar-refractivity contribution in [3.8, 4) is 12.1 Å². The summed E-state index contributed by atoms with van der Waals surface area (Å²) in [6, 6.07) is 14.5. The van der Waals surface area contributed by atoms with Crippen LogP contribution >= 0.6 is 0 Å². The fraction of sp³-hybridized carbons (Fsp3) is 0.333. The smallest absolute Gasteiger partial charge is 0.383 e. The first kappa shape index (κ1) is 31.4. The highest BCUT2D eigenvalue weighted by Gasteiger charge is 2.67. The summed E-state index contributed by atoms with van der Waals surface area (Å²) in [6.07, 6.45) is 0.0577. The van der Waals surface area contributed by atoms with Crippen LogP contribution in [0.3, 0.4) is 0 Å². The van der Waals surface area contributed by atoms with Gasteiger partial charge < -0.3 is 16.1 Å². The Balaban J connectivity index is 1.63. The molecule has 1 aromatic heterocycles. The number of benzene rings is 2. The summed E-state index contributed by atoms with van der Waals surface area (Å²) < 4.78 is 42.0. The number of nitriles is 2. The molecule has 0 unspecified atom stereocenters. The number of alkyl halides is 3. The first-order valence-corrected chi connectivity index (χ1v) is 14.4. The molecule has 0 bridgehead atoms. The third-order valence-corrected chi connectivity index (χ3v) is 7.85. The molecule has 4 N–H and O–H groups in total. The van der Waals surface area contributed by atoms with Crippen molar-refractivity contribution < 1.29 is 13.2 Å². The predicted molar refractivity (Wildman–Crippen MR) is 170 cm³/mol. The molecule has 2 aromatic carbocycles. The second-order valence-corrected chi connectivity index (χ2v) is 12.4. The summed E-state index contributed by atoms with van der Waals surface area (Å²) in [7, 11) is 1.65. The lowest BCUT2D eigenvalue weighted by Gasteiger charge is -2.28. The van der Waals surface area contributed by atoms with Crippen molar-refractivity contribution in [1.29, 1.82) is 10.5 Å². The van der Waals surface area contributed by atoms with Gasteiger partial charge >= 0.3 is 6.18 Å². The van der Waals surface area contributed by atoms with Crippen LogP contribution in [0.4, 0.5) is 24.5 Å². The van der Waals surface area contributed by atoms with E-state index in [1.807, 2.05) is 24.3 Å². The van der Waals surface area contributed by atoms with Crippen LogP contribution in [-0.2, 0) is 0 Å². The van der Waals surface area contributed by atoms with E-state index in [0.29, 0.717) is 45.7 Å². The molecule has 0 radical (unpaired) electrons. The highest BCUT2D eigenvalue weighted by Crippen LogP contribution is 2.53. The van der Waals surface area contributed by atoms with Crippen LogP contribution in [0.15, 0.2) is 66.1 Å². The van der Waals surface area contributed by atoms with Crippen molar-refractivity contribution in [3.63, 3.8) is 0 Å². The molecule has 9 nitrogen and oxygen atoms in total. The summed E-state index contributed by atoms with van der Waals surface area (Å²) in [4.78, 5) is 8.56. The number of rotatable bonds is 9. The molecular weight excluding hydrogens is 579 g/mol. The van der Waals surface area contributed by atoms with Crippen molar-refractivity contribution in [3.05, 3.63) is 83.3 Å². The van der Waals surface area contributed by atoms with E-state index >= 15 is 0 Å². The second-order valence-electron chi connectivity index (χ2n) is 12.4. The van der Waals surface area contributed by atoms with Crippen LogP contribution in [0.1, 0.15) is 55.9 Å². The van der Waals surface area contributed by atoms with Gasteiger partial charge in [0.05, 0.1) is 34.1 Å². The van der Waals surface area contributed by atoms with Gasteiger partial charge in [0.1, 0.15) is 12.1 Å². The van der Waals surface area contributed by atoms with E-state index in [4.69, 9.17) is 0 Å². The van der Waals surface area contributed by atoms with Crippen molar-refractivity contribution >= 4 is 34.1 Å². The zero-order chi connectivity index (χ0) is 32.6. The number of hydrogen-bond acceptors (Lipinski definition) is 9. The zero-order valence-electron chi connectivity index (χ0n) is 25.5. The average Bonchev–Trinajstić information content (AvgIpc) is 3.69. The molecule has 45 heavy (non-hydrogen) atoms. The number of hydrazine groups is 2. The molecule has 5 rings (SSSR count). The van der Waals surface area contributed by atoms with Gasteiger partial charge in [0.25, 0.3) is 0 Å². The molecule has 1 aliphatic heterocycles. The standard InChI is InChI=1S/C33H34F3N9/c1-20(25-9-7-6-8-21(25)16-39-5)28(27-18-45(44-43-27)32(10-11-32)33(34,35)36)42-24-12-22(14-37)29-26(13-24)30(23(15-38)17-40-29)41-19-31(2,3)4/h6-9,12-13,16-18,28,42-44H,1,10-11,19H2,2-5H3,(H,40,41)/b39-16-/t28-/m0/s1. The fourth-order valence-corrected chi connectivity index (χ4v) is 5.30. The van der Waals surface area contributed by atoms with Gasteiger partial charge in [0.15, 0.2) is 5.54 Å². The number of aromatic nitrogens is 1. The lowest BCUT2D eigenvalue weighted by atomic mass is 9.93. The number of nitrogens with one attached hydrogen (secondary N) is 4. The molecule has 2 heterocycles. The SMILES string of the molecule is C=C(c1ccccc1/C=N\C)[C@H](Nc1cc(C#N)c2ncc(C#N)c(NCC(C)(C)C)c2c1)C1=CN(C2(C(F)(F)F)CC2)NN1. The maximum absolute atomic E-state index is 14.0. The Hall–Kier alpha value is -5.07. The number of pyridine rings is 1. The molecule has 0 amide bonds. The topological polar surface area (TPSA) is 124 Å². The summed E-state index contributed by atoms with van der Waals surface area (Å²) in [6.45, 7) is 11.1. The molecule has 2 aliphatic rings. The number of aliphatic imine (C=N–C) groups is 1. The summed E-state index contributed by atoms with van der Waals surface area (Å²) in [5.74, 6) is 0. The number of anilines is 2. The highest BCUT2D eigenvalue weighted by molar-refractivity contribution is 5.99. The van der Waals surface area contributed by atoms with Gasteiger partial charge in [-0.25, -0.2) is 0 Å². The minimum Gasteiger partial charge on any atom is -0.383 e. The average molecular weight is 614 g/mol. The molecular formula is C33H34F3N9. The number of nitrogens with zero attached hydrogens (tertiary/aromatic N) is 5.